The van der Waals surface area contributed by atoms with E-state index in [1.807, 2.05) is 55.5 Å². The molecule has 2 aliphatic rings. The lowest BCUT2D eigenvalue weighted by Gasteiger charge is -2.31. The van der Waals surface area contributed by atoms with Gasteiger partial charge in [0.05, 0.1) is 6.42 Å². The number of carbonyl (C=O) groups excluding carboxylic acids is 2. The van der Waals surface area contributed by atoms with Gasteiger partial charge in [-0.05, 0) is 27.7 Å². The van der Waals surface area contributed by atoms with Crippen LogP contribution in [-0.2, 0) is 29.6 Å². The van der Waals surface area contributed by atoms with Crippen molar-refractivity contribution in [3.63, 3.8) is 0 Å². The normalized spacial score (nSPS) is 21.0. The molecule has 3 rings (SSSR count). The van der Waals surface area contributed by atoms with Crippen LogP contribution in [0, 0.1) is 6.92 Å². The number of hydrogen-bond acceptors (Lipinski definition) is 5. The largest absolute Gasteiger partial charge is 0.454 e. The average molecular weight is 394 g/mol. The van der Waals surface area contributed by atoms with Gasteiger partial charge in [0.1, 0.15) is 5.60 Å². The van der Waals surface area contributed by atoms with Gasteiger partial charge in [-0.3, -0.25) is 4.79 Å². The van der Waals surface area contributed by atoms with Gasteiger partial charge in [0.2, 0.25) is 5.76 Å². The van der Waals surface area contributed by atoms with E-state index in [0.717, 1.165) is 5.56 Å². The van der Waals surface area contributed by atoms with Crippen molar-refractivity contribution in [1.29, 1.82) is 0 Å². The number of hydrogen-bond donors (Lipinski definition) is 0. The second-order valence-electron chi connectivity index (χ2n) is 8.08. The Morgan fingerprint density at radius 3 is 2.17 bits per heavy atom. The second-order valence-corrected chi connectivity index (χ2v) is 8.08. The summed E-state index contributed by atoms with van der Waals surface area (Å²) in [5.41, 5.74) is 1.58. The molecule has 0 radical (unpaired) electrons. The Morgan fingerprint density at radius 2 is 1.66 bits per heavy atom. The number of allylic oxidation sites excluding steroid dienone is 7. The van der Waals surface area contributed by atoms with E-state index in [-0.39, 0.29) is 18.1 Å². The zero-order valence-corrected chi connectivity index (χ0v) is 17.2. The molecule has 1 aromatic carbocycles. The molecule has 1 atom stereocenters. The molecule has 0 aromatic heterocycles. The lowest BCUT2D eigenvalue weighted by Crippen LogP contribution is -2.34. The third kappa shape index (κ3) is 5.05. The van der Waals surface area contributed by atoms with Crippen LogP contribution in [0.15, 0.2) is 72.1 Å². The van der Waals surface area contributed by atoms with Gasteiger partial charge in [-0.1, -0.05) is 66.3 Å². The molecule has 0 spiro atoms. The maximum Gasteiger partial charge on any atom is 0.374 e. The van der Waals surface area contributed by atoms with E-state index in [1.54, 1.807) is 32.9 Å². The van der Waals surface area contributed by atoms with Gasteiger partial charge >= 0.3 is 11.9 Å². The van der Waals surface area contributed by atoms with Gasteiger partial charge in [0.15, 0.2) is 0 Å². The molecule has 0 N–H and O–H groups in total. The number of cyclic esters (lactones) is 1. The molecule has 29 heavy (non-hydrogen) atoms. The summed E-state index contributed by atoms with van der Waals surface area (Å²) in [7, 11) is 0. The molecule has 0 unspecified atom stereocenters. The Balaban J connectivity index is 2.07. The minimum atomic E-state index is -1.37. The zero-order valence-electron chi connectivity index (χ0n) is 17.2. The summed E-state index contributed by atoms with van der Waals surface area (Å²) in [5.74, 6) is -2.34. The first-order chi connectivity index (χ1) is 13.7. The van der Waals surface area contributed by atoms with Crippen LogP contribution in [0.2, 0.25) is 0 Å². The van der Waals surface area contributed by atoms with E-state index in [9.17, 15) is 9.59 Å². The Hall–Kier alpha value is -3.08. The van der Waals surface area contributed by atoms with Crippen molar-refractivity contribution in [2.24, 2.45) is 0 Å². The average Bonchev–Trinajstić information content (AvgIpc) is 2.84. The third-order valence-corrected chi connectivity index (χ3v) is 4.43. The SMILES string of the molecule is Cc1ccc([C@@]2(OC(C(=O)OC(C)(C)C)=C3C=CC=CC=C3)CCC(=O)O2)cc1. The topological polar surface area (TPSA) is 61.8 Å². The van der Waals surface area contributed by atoms with Crippen molar-refractivity contribution in [1.82, 2.24) is 0 Å². The van der Waals surface area contributed by atoms with E-state index < -0.39 is 17.4 Å². The summed E-state index contributed by atoms with van der Waals surface area (Å²) in [6.07, 6.45) is 11.4. The van der Waals surface area contributed by atoms with Gasteiger partial charge in [-0.25, -0.2) is 4.79 Å². The maximum absolute atomic E-state index is 13.0. The number of aryl methyl sites for hydroxylation is 1. The Morgan fingerprint density at radius 1 is 1.03 bits per heavy atom. The molecule has 5 nitrogen and oxygen atoms in total. The molecule has 1 fully saturated rings. The first-order valence-corrected chi connectivity index (χ1v) is 9.66. The molecular weight excluding hydrogens is 368 g/mol. The summed E-state index contributed by atoms with van der Waals surface area (Å²) in [5, 5.41) is 0. The van der Waals surface area contributed by atoms with Crippen LogP contribution in [0.25, 0.3) is 0 Å². The Bertz CT molecular complexity index is 892. The highest BCUT2D eigenvalue weighted by atomic mass is 16.7. The summed E-state index contributed by atoms with van der Waals surface area (Å²) in [6.45, 7) is 7.34. The van der Waals surface area contributed by atoms with Gasteiger partial charge in [-0.2, -0.15) is 0 Å². The molecular formula is C24H26O5. The van der Waals surface area contributed by atoms with Gasteiger partial charge in [0.25, 0.3) is 5.79 Å². The van der Waals surface area contributed by atoms with Crippen LogP contribution >= 0.6 is 0 Å². The van der Waals surface area contributed by atoms with Crippen LogP contribution in [0.3, 0.4) is 0 Å². The number of esters is 2. The first-order valence-electron chi connectivity index (χ1n) is 9.66. The van der Waals surface area contributed by atoms with Crippen LogP contribution < -0.4 is 0 Å². The Kier molecular flexibility index (Phi) is 5.78. The maximum atomic E-state index is 13.0. The van der Waals surface area contributed by atoms with E-state index in [0.29, 0.717) is 17.6 Å². The Labute approximate surface area is 171 Å². The summed E-state index contributed by atoms with van der Waals surface area (Å²) < 4.78 is 17.5. The minimum absolute atomic E-state index is 0.00593. The fourth-order valence-electron chi connectivity index (χ4n) is 3.06. The van der Waals surface area contributed by atoms with Crippen molar-refractivity contribution < 1.29 is 23.8 Å². The number of carbonyl (C=O) groups is 2. The molecule has 1 heterocycles. The molecule has 0 saturated carbocycles. The lowest BCUT2D eigenvalue weighted by atomic mass is 10.0. The van der Waals surface area contributed by atoms with Crippen molar-refractivity contribution >= 4 is 11.9 Å². The van der Waals surface area contributed by atoms with E-state index >= 15 is 0 Å². The van der Waals surface area contributed by atoms with Crippen molar-refractivity contribution in [3.8, 4) is 0 Å². The van der Waals surface area contributed by atoms with Gasteiger partial charge in [-0.15, -0.1) is 0 Å². The van der Waals surface area contributed by atoms with E-state index in [2.05, 4.69) is 0 Å². The number of rotatable bonds is 4. The number of ether oxygens (including phenoxy) is 3. The highest BCUT2D eigenvalue weighted by Crippen LogP contribution is 2.41. The summed E-state index contributed by atoms with van der Waals surface area (Å²) in [6, 6.07) is 7.54. The predicted octanol–water partition coefficient (Wildman–Crippen LogP) is 4.78. The molecule has 1 aliphatic carbocycles. The van der Waals surface area contributed by atoms with E-state index in [4.69, 9.17) is 14.2 Å². The fraction of sp³-hybridized carbons (Fsp3) is 0.333. The van der Waals surface area contributed by atoms with Gasteiger partial charge in [0, 0.05) is 17.6 Å². The minimum Gasteiger partial charge on any atom is -0.454 e. The highest BCUT2D eigenvalue weighted by molar-refractivity contribution is 5.89. The van der Waals surface area contributed by atoms with Crippen LogP contribution in [0.4, 0.5) is 0 Å². The van der Waals surface area contributed by atoms with Crippen LogP contribution in [0.1, 0.15) is 44.7 Å². The molecule has 1 aromatic rings. The molecule has 5 heteroatoms. The lowest BCUT2D eigenvalue weighted by molar-refractivity contribution is -0.209. The monoisotopic (exact) mass is 394 g/mol. The van der Waals surface area contributed by atoms with Crippen molar-refractivity contribution in [2.45, 2.75) is 51.9 Å². The summed E-state index contributed by atoms with van der Waals surface area (Å²) in [4.78, 5) is 25.1. The fourth-order valence-corrected chi connectivity index (χ4v) is 3.06. The van der Waals surface area contributed by atoms with Crippen LogP contribution in [-0.4, -0.2) is 17.5 Å². The molecule has 1 saturated heterocycles. The first kappa shape index (κ1) is 20.6. The second kappa shape index (κ2) is 8.11. The van der Waals surface area contributed by atoms with Crippen molar-refractivity contribution in [2.75, 3.05) is 0 Å². The van der Waals surface area contributed by atoms with Crippen LogP contribution in [0.5, 0.6) is 0 Å². The highest BCUT2D eigenvalue weighted by Gasteiger charge is 2.46. The van der Waals surface area contributed by atoms with Crippen molar-refractivity contribution in [3.05, 3.63) is 83.2 Å². The third-order valence-electron chi connectivity index (χ3n) is 4.43. The molecule has 152 valence electrons. The standard InChI is InChI=1S/C24H26O5/c1-17-11-13-19(14-12-17)24(16-15-20(25)27-24)28-21(22(26)29-23(2,3)4)18-9-7-5-6-8-10-18/h5-14H,15-16H2,1-4H3/t24-/m0/s1. The zero-order chi connectivity index (χ0) is 21.1. The molecule has 0 bridgehead atoms. The van der Waals surface area contributed by atoms with Gasteiger partial charge < -0.3 is 14.2 Å². The van der Waals surface area contributed by atoms with E-state index in [1.165, 1.54) is 0 Å². The number of benzene rings is 1. The molecule has 0 amide bonds. The predicted molar refractivity (Wildman–Crippen MR) is 110 cm³/mol. The molecule has 1 aliphatic heterocycles. The summed E-state index contributed by atoms with van der Waals surface area (Å²) >= 11 is 0. The smallest absolute Gasteiger partial charge is 0.374 e. The quantitative estimate of drug-likeness (QED) is 0.418.